The van der Waals surface area contributed by atoms with E-state index >= 15 is 0 Å². The van der Waals surface area contributed by atoms with E-state index in [9.17, 15) is 4.79 Å². The first kappa shape index (κ1) is 18.1. The van der Waals surface area contributed by atoms with Crippen LogP contribution >= 0.6 is 15.9 Å². The lowest BCUT2D eigenvalue weighted by Gasteiger charge is -2.08. The SMILES string of the molecule is O=C(Cc1ccc(Br)cc1)NCc1ccc(OCc2cccnc2)cc1. The van der Waals surface area contributed by atoms with Gasteiger partial charge in [0.1, 0.15) is 12.4 Å². The van der Waals surface area contributed by atoms with E-state index in [1.165, 1.54) is 0 Å². The van der Waals surface area contributed by atoms with E-state index in [0.717, 1.165) is 26.9 Å². The van der Waals surface area contributed by atoms with Crippen LogP contribution < -0.4 is 10.1 Å². The fraction of sp³-hybridized carbons (Fsp3) is 0.143. The highest BCUT2D eigenvalue weighted by molar-refractivity contribution is 9.10. The van der Waals surface area contributed by atoms with Crippen molar-refractivity contribution in [3.8, 4) is 5.75 Å². The van der Waals surface area contributed by atoms with E-state index in [0.29, 0.717) is 19.6 Å². The smallest absolute Gasteiger partial charge is 0.224 e. The summed E-state index contributed by atoms with van der Waals surface area (Å²) < 4.78 is 6.74. The van der Waals surface area contributed by atoms with Crippen LogP contribution in [0.3, 0.4) is 0 Å². The molecule has 0 aliphatic rings. The Morgan fingerprint density at radius 2 is 1.69 bits per heavy atom. The van der Waals surface area contributed by atoms with Crippen LogP contribution in [0.2, 0.25) is 0 Å². The molecule has 0 saturated carbocycles. The maximum Gasteiger partial charge on any atom is 0.224 e. The van der Waals surface area contributed by atoms with Crippen LogP contribution in [0.5, 0.6) is 5.75 Å². The van der Waals surface area contributed by atoms with Crippen LogP contribution in [0, 0.1) is 0 Å². The van der Waals surface area contributed by atoms with Gasteiger partial charge in [0.15, 0.2) is 0 Å². The van der Waals surface area contributed by atoms with E-state index < -0.39 is 0 Å². The Labute approximate surface area is 161 Å². The summed E-state index contributed by atoms with van der Waals surface area (Å²) >= 11 is 3.39. The maximum atomic E-state index is 12.0. The van der Waals surface area contributed by atoms with Crippen LogP contribution in [-0.2, 0) is 24.4 Å². The van der Waals surface area contributed by atoms with Gasteiger partial charge < -0.3 is 10.1 Å². The molecule has 3 rings (SSSR count). The molecule has 26 heavy (non-hydrogen) atoms. The first-order valence-corrected chi connectivity index (χ1v) is 9.10. The second-order valence-electron chi connectivity index (χ2n) is 5.87. The number of ether oxygens (including phenoxy) is 1. The average Bonchev–Trinajstić information content (AvgIpc) is 2.68. The summed E-state index contributed by atoms with van der Waals surface area (Å²) in [5.41, 5.74) is 3.05. The van der Waals surface area contributed by atoms with Gasteiger partial charge in [0.2, 0.25) is 5.91 Å². The van der Waals surface area contributed by atoms with Crippen molar-refractivity contribution >= 4 is 21.8 Å². The fourth-order valence-corrected chi connectivity index (χ4v) is 2.67. The molecule has 0 unspecified atom stereocenters. The molecule has 3 aromatic rings. The Morgan fingerprint density at radius 3 is 2.38 bits per heavy atom. The monoisotopic (exact) mass is 410 g/mol. The van der Waals surface area contributed by atoms with Gasteiger partial charge in [-0.3, -0.25) is 9.78 Å². The van der Waals surface area contributed by atoms with Gasteiger partial charge in [0.05, 0.1) is 6.42 Å². The van der Waals surface area contributed by atoms with Crippen molar-refractivity contribution in [3.05, 3.63) is 94.2 Å². The minimum Gasteiger partial charge on any atom is -0.489 e. The number of benzene rings is 2. The van der Waals surface area contributed by atoms with Crippen molar-refractivity contribution < 1.29 is 9.53 Å². The van der Waals surface area contributed by atoms with E-state index in [1.54, 1.807) is 12.4 Å². The second kappa shape index (κ2) is 9.15. The number of aromatic nitrogens is 1. The van der Waals surface area contributed by atoms with Gasteiger partial charge >= 0.3 is 0 Å². The lowest BCUT2D eigenvalue weighted by atomic mass is 10.1. The highest BCUT2D eigenvalue weighted by atomic mass is 79.9. The molecule has 2 aromatic carbocycles. The minimum absolute atomic E-state index is 0.00391. The normalized spacial score (nSPS) is 10.3. The lowest BCUT2D eigenvalue weighted by molar-refractivity contribution is -0.120. The summed E-state index contributed by atoms with van der Waals surface area (Å²) in [5, 5.41) is 2.94. The van der Waals surface area contributed by atoms with Gasteiger partial charge in [0, 0.05) is 29.0 Å². The number of amides is 1. The summed E-state index contributed by atoms with van der Waals surface area (Å²) in [6.07, 6.45) is 3.90. The lowest BCUT2D eigenvalue weighted by Crippen LogP contribution is -2.24. The van der Waals surface area contributed by atoms with Crippen LogP contribution in [0.25, 0.3) is 0 Å². The zero-order valence-electron chi connectivity index (χ0n) is 14.2. The summed E-state index contributed by atoms with van der Waals surface area (Å²) in [7, 11) is 0. The van der Waals surface area contributed by atoms with Crippen molar-refractivity contribution in [3.63, 3.8) is 0 Å². The van der Waals surface area contributed by atoms with Crippen LogP contribution in [0.15, 0.2) is 77.5 Å². The number of nitrogens with zero attached hydrogens (tertiary/aromatic N) is 1. The molecule has 4 nitrogen and oxygen atoms in total. The number of hydrogen-bond donors (Lipinski definition) is 1. The number of rotatable bonds is 7. The number of halogens is 1. The van der Waals surface area contributed by atoms with Crippen molar-refractivity contribution in [2.45, 2.75) is 19.6 Å². The molecular weight excluding hydrogens is 392 g/mol. The van der Waals surface area contributed by atoms with Crippen molar-refractivity contribution in [2.24, 2.45) is 0 Å². The van der Waals surface area contributed by atoms with Crippen molar-refractivity contribution in [1.82, 2.24) is 10.3 Å². The van der Waals surface area contributed by atoms with Gasteiger partial charge in [-0.25, -0.2) is 0 Å². The van der Waals surface area contributed by atoms with Crippen LogP contribution in [0.1, 0.15) is 16.7 Å². The maximum absolute atomic E-state index is 12.0. The molecule has 0 bridgehead atoms. The Hall–Kier alpha value is -2.66. The highest BCUT2D eigenvalue weighted by Crippen LogP contribution is 2.14. The summed E-state index contributed by atoms with van der Waals surface area (Å²) in [6, 6.07) is 19.4. The van der Waals surface area contributed by atoms with Gasteiger partial charge in [0.25, 0.3) is 0 Å². The number of hydrogen-bond acceptors (Lipinski definition) is 3. The first-order valence-electron chi connectivity index (χ1n) is 8.31. The molecule has 0 aliphatic carbocycles. The Morgan fingerprint density at radius 1 is 0.962 bits per heavy atom. The predicted molar refractivity (Wildman–Crippen MR) is 105 cm³/mol. The van der Waals surface area contributed by atoms with Gasteiger partial charge in [-0.1, -0.05) is 46.3 Å². The third-order valence-electron chi connectivity index (χ3n) is 3.82. The molecule has 1 amide bonds. The molecule has 0 fully saturated rings. The van der Waals surface area contributed by atoms with Gasteiger partial charge in [-0.05, 0) is 41.5 Å². The Balaban J connectivity index is 1.45. The summed E-state index contributed by atoms with van der Waals surface area (Å²) in [5.74, 6) is 0.794. The van der Waals surface area contributed by atoms with E-state index in [4.69, 9.17) is 4.74 Å². The largest absolute Gasteiger partial charge is 0.489 e. The predicted octanol–water partition coefficient (Wildman–Crippen LogP) is 4.28. The van der Waals surface area contributed by atoms with E-state index in [-0.39, 0.29) is 5.91 Å². The molecule has 0 aliphatic heterocycles. The Kier molecular flexibility index (Phi) is 6.39. The number of nitrogens with one attached hydrogen (secondary N) is 1. The zero-order chi connectivity index (χ0) is 18.2. The zero-order valence-corrected chi connectivity index (χ0v) is 15.8. The van der Waals surface area contributed by atoms with Gasteiger partial charge in [-0.2, -0.15) is 0 Å². The number of carbonyl (C=O) groups excluding carboxylic acids is 1. The standard InChI is InChI=1S/C21H19BrN2O2/c22-19-7-3-16(4-8-19)12-21(25)24-14-17-5-9-20(10-6-17)26-15-18-2-1-11-23-13-18/h1-11,13H,12,14-15H2,(H,24,25). The molecule has 5 heteroatoms. The molecule has 0 saturated heterocycles. The molecule has 1 heterocycles. The van der Waals surface area contributed by atoms with E-state index in [1.807, 2.05) is 60.7 Å². The summed E-state index contributed by atoms with van der Waals surface area (Å²) in [6.45, 7) is 0.982. The fourth-order valence-electron chi connectivity index (χ4n) is 2.40. The van der Waals surface area contributed by atoms with Crippen LogP contribution in [-0.4, -0.2) is 10.9 Å². The molecule has 0 atom stereocenters. The minimum atomic E-state index is 0.00391. The summed E-state index contributed by atoms with van der Waals surface area (Å²) in [4.78, 5) is 16.1. The second-order valence-corrected chi connectivity index (χ2v) is 6.79. The topological polar surface area (TPSA) is 51.2 Å². The van der Waals surface area contributed by atoms with Crippen LogP contribution in [0.4, 0.5) is 0 Å². The van der Waals surface area contributed by atoms with Gasteiger partial charge in [-0.15, -0.1) is 0 Å². The highest BCUT2D eigenvalue weighted by Gasteiger charge is 2.04. The van der Waals surface area contributed by atoms with E-state index in [2.05, 4.69) is 26.2 Å². The molecule has 1 N–H and O–H groups in total. The number of carbonyl (C=O) groups is 1. The van der Waals surface area contributed by atoms with Crippen molar-refractivity contribution in [2.75, 3.05) is 0 Å². The molecule has 0 radical (unpaired) electrons. The number of pyridine rings is 1. The molecule has 1 aromatic heterocycles. The third kappa shape index (κ3) is 5.70. The quantitative estimate of drug-likeness (QED) is 0.632. The third-order valence-corrected chi connectivity index (χ3v) is 4.35. The average molecular weight is 411 g/mol. The first-order chi connectivity index (χ1) is 12.7. The molecular formula is C21H19BrN2O2. The molecule has 132 valence electrons. The van der Waals surface area contributed by atoms with Crippen molar-refractivity contribution in [1.29, 1.82) is 0 Å². The molecule has 0 spiro atoms. The Bertz CT molecular complexity index is 834.